The Hall–Kier alpha value is -1.51. The van der Waals surface area contributed by atoms with Gasteiger partial charge in [-0.2, -0.15) is 0 Å². The van der Waals surface area contributed by atoms with Crippen molar-refractivity contribution in [2.45, 2.75) is 75.0 Å². The van der Waals surface area contributed by atoms with Crippen LogP contribution in [0.25, 0.3) is 0 Å². The number of tetrazole rings is 1. The maximum absolute atomic E-state index is 12.5. The number of rotatable bonds is 6. The number of carbonyl (C=O) groups excluding carboxylic acids is 1. The Morgan fingerprint density at radius 2 is 1.96 bits per heavy atom. The molecule has 1 N–H and O–H groups in total. The number of hydrogen-bond donors (Lipinski definition) is 1. The molecule has 2 aliphatic rings. The second-order valence-electron chi connectivity index (χ2n) is 6.56. The van der Waals surface area contributed by atoms with E-state index in [-0.39, 0.29) is 17.8 Å². The minimum absolute atomic E-state index is 0.102. The minimum atomic E-state index is -3.64. The predicted molar refractivity (Wildman–Crippen MR) is 83.2 cm³/mol. The summed E-state index contributed by atoms with van der Waals surface area (Å²) in [5, 5.41) is 13.0. The molecule has 0 bridgehead atoms. The van der Waals surface area contributed by atoms with Crippen molar-refractivity contribution in [2.75, 3.05) is 0 Å². The van der Waals surface area contributed by atoms with Gasteiger partial charge in [0.15, 0.2) is 15.7 Å². The Bertz CT molecular complexity index is 662. The van der Waals surface area contributed by atoms with E-state index in [9.17, 15) is 13.2 Å². The van der Waals surface area contributed by atoms with E-state index in [4.69, 9.17) is 0 Å². The average Bonchev–Trinajstić information content (AvgIpc) is 3.27. The van der Waals surface area contributed by atoms with Crippen LogP contribution in [0.5, 0.6) is 0 Å². The number of sulfone groups is 1. The lowest BCUT2D eigenvalue weighted by molar-refractivity contribution is -0.121. The molecule has 9 heteroatoms. The Labute approximate surface area is 135 Å². The molecule has 1 heterocycles. The number of hydrogen-bond acceptors (Lipinski definition) is 6. The second kappa shape index (κ2) is 6.54. The molecule has 1 aromatic heterocycles. The quantitative estimate of drug-likeness (QED) is 0.818. The number of nitrogens with one attached hydrogen (secondary N) is 1. The van der Waals surface area contributed by atoms with Crippen LogP contribution < -0.4 is 5.32 Å². The van der Waals surface area contributed by atoms with E-state index >= 15 is 0 Å². The third-order valence-electron chi connectivity index (χ3n) is 4.64. The zero-order valence-corrected chi connectivity index (χ0v) is 14.1. The maximum Gasteiger partial charge on any atom is 0.238 e. The van der Waals surface area contributed by atoms with Crippen LogP contribution in [0.4, 0.5) is 0 Å². The highest BCUT2D eigenvalue weighted by atomic mass is 32.2. The van der Waals surface area contributed by atoms with Gasteiger partial charge in [0, 0.05) is 6.04 Å². The highest BCUT2D eigenvalue weighted by molar-refractivity contribution is 7.92. The monoisotopic (exact) mass is 341 g/mol. The molecular weight excluding hydrogens is 318 g/mol. The van der Waals surface area contributed by atoms with Crippen molar-refractivity contribution in [1.29, 1.82) is 0 Å². The van der Waals surface area contributed by atoms with Gasteiger partial charge in [-0.25, -0.2) is 13.1 Å². The van der Waals surface area contributed by atoms with E-state index in [2.05, 4.69) is 20.8 Å². The van der Waals surface area contributed by atoms with E-state index < -0.39 is 21.0 Å². The molecule has 23 heavy (non-hydrogen) atoms. The molecule has 2 fully saturated rings. The lowest BCUT2D eigenvalue weighted by atomic mass is 9.95. The van der Waals surface area contributed by atoms with Crippen LogP contribution >= 0.6 is 0 Å². The summed E-state index contributed by atoms with van der Waals surface area (Å²) in [6, 6.07) is 0.312. The molecule has 0 spiro atoms. The molecule has 0 aromatic carbocycles. The van der Waals surface area contributed by atoms with Gasteiger partial charge in [0.25, 0.3) is 0 Å². The van der Waals surface area contributed by atoms with Crippen molar-refractivity contribution in [1.82, 2.24) is 25.5 Å². The van der Waals surface area contributed by atoms with Crippen molar-refractivity contribution in [3.63, 3.8) is 0 Å². The zero-order chi connectivity index (χ0) is 16.4. The van der Waals surface area contributed by atoms with Crippen molar-refractivity contribution in [3.8, 4) is 0 Å². The summed E-state index contributed by atoms with van der Waals surface area (Å²) in [7, 11) is -3.64. The van der Waals surface area contributed by atoms with Gasteiger partial charge in [-0.05, 0) is 43.0 Å². The fourth-order valence-electron chi connectivity index (χ4n) is 2.94. The van der Waals surface area contributed by atoms with Crippen LogP contribution in [0.1, 0.15) is 63.7 Å². The molecule has 1 amide bonds. The van der Waals surface area contributed by atoms with Crippen molar-refractivity contribution in [2.24, 2.45) is 0 Å². The second-order valence-corrected chi connectivity index (χ2v) is 8.89. The van der Waals surface area contributed by atoms with Gasteiger partial charge < -0.3 is 5.32 Å². The molecular formula is C14H23N5O3S. The van der Waals surface area contributed by atoms with Crippen LogP contribution in [0.2, 0.25) is 0 Å². The SMILES string of the molecule is CC(C(=O)NC1CCCCC1)S(=O)(=O)Cc1nnnn1C1CC1. The van der Waals surface area contributed by atoms with Gasteiger partial charge in [-0.1, -0.05) is 19.3 Å². The Kier molecular flexibility index (Phi) is 4.65. The van der Waals surface area contributed by atoms with E-state index in [1.165, 1.54) is 13.3 Å². The summed E-state index contributed by atoms with van der Waals surface area (Å²) in [6.07, 6.45) is 7.15. The van der Waals surface area contributed by atoms with E-state index in [1.54, 1.807) is 4.68 Å². The van der Waals surface area contributed by atoms with E-state index in [0.29, 0.717) is 5.82 Å². The third-order valence-corrected chi connectivity index (χ3v) is 6.60. The summed E-state index contributed by atoms with van der Waals surface area (Å²) in [5.74, 6) is -0.386. The summed E-state index contributed by atoms with van der Waals surface area (Å²) in [5.41, 5.74) is 0. The molecule has 128 valence electrons. The van der Waals surface area contributed by atoms with E-state index in [0.717, 1.165) is 38.5 Å². The molecule has 3 rings (SSSR count). The molecule has 0 saturated heterocycles. The third kappa shape index (κ3) is 3.88. The van der Waals surface area contributed by atoms with Crippen LogP contribution in [0.3, 0.4) is 0 Å². The molecule has 0 aliphatic heterocycles. The van der Waals surface area contributed by atoms with Crippen molar-refractivity contribution >= 4 is 15.7 Å². The highest BCUT2D eigenvalue weighted by Crippen LogP contribution is 2.34. The van der Waals surface area contributed by atoms with Crippen LogP contribution in [0, 0.1) is 0 Å². The first-order valence-corrected chi connectivity index (χ1v) is 9.97. The van der Waals surface area contributed by atoms with Gasteiger partial charge in [-0.15, -0.1) is 5.10 Å². The summed E-state index contributed by atoms with van der Waals surface area (Å²) < 4.78 is 26.6. The van der Waals surface area contributed by atoms with Gasteiger partial charge in [-0.3, -0.25) is 4.79 Å². The van der Waals surface area contributed by atoms with Crippen LogP contribution in [-0.4, -0.2) is 45.8 Å². The zero-order valence-electron chi connectivity index (χ0n) is 13.3. The maximum atomic E-state index is 12.5. The standard InChI is InChI=1S/C14H23N5O3S/c1-10(14(20)15-11-5-3-2-4-6-11)23(21,22)9-13-16-17-18-19(13)12-7-8-12/h10-12H,2-9H2,1H3,(H,15,20). The Morgan fingerprint density at radius 1 is 1.26 bits per heavy atom. The lowest BCUT2D eigenvalue weighted by Crippen LogP contribution is -2.44. The first kappa shape index (κ1) is 16.4. The summed E-state index contributed by atoms with van der Waals surface area (Å²) in [4.78, 5) is 12.3. The molecule has 1 aromatic rings. The largest absolute Gasteiger partial charge is 0.352 e. The fourth-order valence-corrected chi connectivity index (χ4v) is 4.14. The van der Waals surface area contributed by atoms with Gasteiger partial charge >= 0.3 is 0 Å². The predicted octanol–water partition coefficient (Wildman–Crippen LogP) is 0.760. The first-order chi connectivity index (χ1) is 11.0. The molecule has 1 atom stereocenters. The number of carbonyl (C=O) groups is 1. The molecule has 8 nitrogen and oxygen atoms in total. The first-order valence-electron chi connectivity index (χ1n) is 8.26. The molecule has 2 saturated carbocycles. The normalized spacial score (nSPS) is 21.1. The van der Waals surface area contributed by atoms with Crippen LogP contribution in [-0.2, 0) is 20.4 Å². The van der Waals surface area contributed by atoms with Crippen molar-refractivity contribution < 1.29 is 13.2 Å². The molecule has 2 aliphatic carbocycles. The van der Waals surface area contributed by atoms with Crippen LogP contribution in [0.15, 0.2) is 0 Å². The molecule has 1 unspecified atom stereocenters. The lowest BCUT2D eigenvalue weighted by Gasteiger charge is -2.24. The van der Waals surface area contributed by atoms with Crippen molar-refractivity contribution in [3.05, 3.63) is 5.82 Å². The van der Waals surface area contributed by atoms with Gasteiger partial charge in [0.1, 0.15) is 11.0 Å². The number of aromatic nitrogens is 4. The van der Waals surface area contributed by atoms with Gasteiger partial charge in [0.2, 0.25) is 5.91 Å². The fraction of sp³-hybridized carbons (Fsp3) is 0.857. The average molecular weight is 341 g/mol. The minimum Gasteiger partial charge on any atom is -0.352 e. The van der Waals surface area contributed by atoms with Gasteiger partial charge in [0.05, 0.1) is 6.04 Å². The highest BCUT2D eigenvalue weighted by Gasteiger charge is 2.34. The number of amides is 1. The summed E-state index contributed by atoms with van der Waals surface area (Å²) in [6.45, 7) is 1.44. The Morgan fingerprint density at radius 3 is 2.61 bits per heavy atom. The summed E-state index contributed by atoms with van der Waals surface area (Å²) >= 11 is 0. The van der Waals surface area contributed by atoms with E-state index in [1.807, 2.05) is 0 Å². The Balaban J connectivity index is 1.63. The topological polar surface area (TPSA) is 107 Å². The molecule has 0 radical (unpaired) electrons. The smallest absolute Gasteiger partial charge is 0.238 e. The number of nitrogens with zero attached hydrogens (tertiary/aromatic N) is 4.